The van der Waals surface area contributed by atoms with Crippen LogP contribution in [0.1, 0.15) is 45.8 Å². The molecule has 0 saturated carbocycles. The van der Waals surface area contributed by atoms with Gasteiger partial charge in [0.1, 0.15) is 0 Å². The number of hydrogen-bond donors (Lipinski definition) is 1. The molecule has 4 heteroatoms. The van der Waals surface area contributed by atoms with Crippen LogP contribution in [0.3, 0.4) is 0 Å². The third-order valence-electron chi connectivity index (χ3n) is 4.66. The summed E-state index contributed by atoms with van der Waals surface area (Å²) in [6.07, 6.45) is 2.97. The van der Waals surface area contributed by atoms with E-state index in [1.807, 2.05) is 19.2 Å². The van der Waals surface area contributed by atoms with Crippen molar-refractivity contribution in [1.29, 1.82) is 0 Å². The maximum Gasteiger partial charge on any atom is 0.335 e. The van der Waals surface area contributed by atoms with Crippen LogP contribution in [-0.2, 0) is 17.8 Å². The molecule has 0 aromatic heterocycles. The monoisotopic (exact) mass is 323 g/mol. The molecule has 0 aliphatic heterocycles. The lowest BCUT2D eigenvalue weighted by Gasteiger charge is -2.28. The number of likely N-dealkylation sites (N-methyl/N-ethyl adjacent to an activating group) is 1. The van der Waals surface area contributed by atoms with Gasteiger partial charge < -0.3 is 10.0 Å². The molecule has 0 radical (unpaired) electrons. The minimum Gasteiger partial charge on any atom is -0.478 e. The highest BCUT2D eigenvalue weighted by atomic mass is 16.4. The quantitative estimate of drug-likeness (QED) is 0.937. The predicted octanol–water partition coefficient (Wildman–Crippen LogP) is 3.46. The summed E-state index contributed by atoms with van der Waals surface area (Å²) in [5.41, 5.74) is 3.62. The molecule has 0 bridgehead atoms. The number of rotatable bonds is 4. The molecule has 24 heavy (non-hydrogen) atoms. The minimum atomic E-state index is -0.940. The van der Waals surface area contributed by atoms with Crippen LogP contribution in [0.4, 0.5) is 0 Å². The van der Waals surface area contributed by atoms with Gasteiger partial charge in [-0.3, -0.25) is 4.79 Å². The first-order chi connectivity index (χ1) is 11.6. The molecule has 1 atom stereocenters. The summed E-state index contributed by atoms with van der Waals surface area (Å²) in [4.78, 5) is 25.5. The first-order valence-electron chi connectivity index (χ1n) is 8.21. The van der Waals surface area contributed by atoms with E-state index >= 15 is 0 Å². The van der Waals surface area contributed by atoms with Gasteiger partial charge in [0.05, 0.1) is 11.5 Å². The zero-order chi connectivity index (χ0) is 17.1. The highest BCUT2D eigenvalue weighted by Gasteiger charge is 2.28. The van der Waals surface area contributed by atoms with Gasteiger partial charge in [-0.25, -0.2) is 4.79 Å². The molecule has 3 rings (SSSR count). The van der Waals surface area contributed by atoms with E-state index in [1.165, 1.54) is 5.56 Å². The second-order valence-electron chi connectivity index (χ2n) is 6.34. The predicted molar refractivity (Wildman–Crippen MR) is 92.0 cm³/mol. The van der Waals surface area contributed by atoms with E-state index in [1.54, 1.807) is 29.2 Å². The maximum absolute atomic E-state index is 12.9. The summed E-state index contributed by atoms with van der Waals surface area (Å²) in [6, 6.07) is 14.9. The number of hydrogen-bond acceptors (Lipinski definition) is 2. The van der Waals surface area contributed by atoms with E-state index in [0.717, 1.165) is 30.4 Å². The number of carbonyl (C=O) groups excluding carboxylic acids is 1. The van der Waals surface area contributed by atoms with Crippen LogP contribution in [0.25, 0.3) is 0 Å². The van der Waals surface area contributed by atoms with E-state index in [9.17, 15) is 9.59 Å². The molecule has 2 aromatic rings. The normalized spacial score (nSPS) is 16.3. The van der Waals surface area contributed by atoms with E-state index in [0.29, 0.717) is 6.54 Å². The summed E-state index contributed by atoms with van der Waals surface area (Å²) < 4.78 is 0. The Labute approximate surface area is 141 Å². The van der Waals surface area contributed by atoms with Gasteiger partial charge >= 0.3 is 5.97 Å². The molecule has 1 aliphatic rings. The van der Waals surface area contributed by atoms with Crippen LogP contribution in [0.15, 0.2) is 48.5 Å². The first kappa shape index (κ1) is 16.2. The Kier molecular flexibility index (Phi) is 4.65. The van der Waals surface area contributed by atoms with Crippen LogP contribution in [0.2, 0.25) is 0 Å². The summed E-state index contributed by atoms with van der Waals surface area (Å²) in [5, 5.41) is 8.94. The van der Waals surface area contributed by atoms with Gasteiger partial charge in [-0.05, 0) is 48.1 Å². The van der Waals surface area contributed by atoms with E-state index in [4.69, 9.17) is 5.11 Å². The summed E-state index contributed by atoms with van der Waals surface area (Å²) in [5.74, 6) is -0.882. The number of carbonyl (C=O) groups is 2. The second kappa shape index (κ2) is 6.87. The molecular weight excluding hydrogens is 302 g/mol. The van der Waals surface area contributed by atoms with Gasteiger partial charge in [0, 0.05) is 13.6 Å². The molecule has 4 nitrogen and oxygen atoms in total. The van der Waals surface area contributed by atoms with Crippen LogP contribution in [0.5, 0.6) is 0 Å². The number of aromatic carboxylic acids is 1. The van der Waals surface area contributed by atoms with Crippen molar-refractivity contribution in [2.75, 3.05) is 7.05 Å². The Balaban J connectivity index is 1.72. The van der Waals surface area contributed by atoms with Gasteiger partial charge in [-0.1, -0.05) is 36.4 Å². The Morgan fingerprint density at radius 2 is 1.83 bits per heavy atom. The van der Waals surface area contributed by atoms with Gasteiger partial charge in [0.25, 0.3) is 0 Å². The fraction of sp³-hybridized carbons (Fsp3) is 0.300. The average Bonchev–Trinajstić information content (AvgIpc) is 2.61. The van der Waals surface area contributed by atoms with Crippen molar-refractivity contribution in [1.82, 2.24) is 4.90 Å². The SMILES string of the molecule is CN(Cc1ccc(C(=O)O)cc1)C(=O)C1CCCc2ccccc21. The Bertz CT molecular complexity index is 752. The number of nitrogens with zero attached hydrogens (tertiary/aromatic N) is 1. The number of fused-ring (bicyclic) bond motifs is 1. The van der Waals surface area contributed by atoms with Gasteiger partial charge in [-0.15, -0.1) is 0 Å². The van der Waals surface area contributed by atoms with Gasteiger partial charge in [0.15, 0.2) is 0 Å². The summed E-state index contributed by atoms with van der Waals surface area (Å²) in [7, 11) is 1.81. The number of aryl methyl sites for hydroxylation is 1. The van der Waals surface area contributed by atoms with E-state index in [-0.39, 0.29) is 17.4 Å². The molecule has 2 aromatic carbocycles. The number of amides is 1. The van der Waals surface area contributed by atoms with Crippen LogP contribution in [0, 0.1) is 0 Å². The lowest BCUT2D eigenvalue weighted by Crippen LogP contribution is -2.33. The highest BCUT2D eigenvalue weighted by Crippen LogP contribution is 2.32. The lowest BCUT2D eigenvalue weighted by molar-refractivity contribution is -0.132. The van der Waals surface area contributed by atoms with Crippen molar-refractivity contribution in [2.45, 2.75) is 31.7 Å². The third-order valence-corrected chi connectivity index (χ3v) is 4.66. The Morgan fingerprint density at radius 3 is 2.54 bits per heavy atom. The van der Waals surface area contributed by atoms with Crippen molar-refractivity contribution >= 4 is 11.9 Å². The standard InChI is InChI=1S/C20H21NO3/c1-21(13-14-9-11-16(12-10-14)20(23)24)19(22)18-8-4-6-15-5-2-3-7-17(15)18/h2-3,5,7,9-12,18H,4,6,8,13H2,1H3,(H,23,24). The van der Waals surface area contributed by atoms with Crippen LogP contribution in [-0.4, -0.2) is 28.9 Å². The maximum atomic E-state index is 12.9. The molecule has 1 amide bonds. The summed E-state index contributed by atoms with van der Waals surface area (Å²) >= 11 is 0. The number of benzene rings is 2. The molecule has 1 unspecified atom stereocenters. The third kappa shape index (κ3) is 3.32. The fourth-order valence-corrected chi connectivity index (χ4v) is 3.38. The van der Waals surface area contributed by atoms with Crippen molar-refractivity contribution in [3.63, 3.8) is 0 Å². The molecule has 0 fully saturated rings. The molecule has 1 N–H and O–H groups in total. The van der Waals surface area contributed by atoms with Crippen molar-refractivity contribution in [2.24, 2.45) is 0 Å². The van der Waals surface area contributed by atoms with Crippen LogP contribution >= 0.6 is 0 Å². The summed E-state index contributed by atoms with van der Waals surface area (Å²) in [6.45, 7) is 0.484. The molecule has 1 aliphatic carbocycles. The molecule has 0 spiro atoms. The number of carboxylic acid groups (broad SMARTS) is 1. The van der Waals surface area contributed by atoms with Gasteiger partial charge in [0.2, 0.25) is 5.91 Å². The Morgan fingerprint density at radius 1 is 1.12 bits per heavy atom. The molecular formula is C20H21NO3. The molecule has 0 saturated heterocycles. The second-order valence-corrected chi connectivity index (χ2v) is 6.34. The van der Waals surface area contributed by atoms with Crippen LogP contribution < -0.4 is 0 Å². The van der Waals surface area contributed by atoms with E-state index < -0.39 is 5.97 Å². The first-order valence-corrected chi connectivity index (χ1v) is 8.21. The average molecular weight is 323 g/mol. The molecule has 0 heterocycles. The topological polar surface area (TPSA) is 57.6 Å². The van der Waals surface area contributed by atoms with E-state index in [2.05, 4.69) is 12.1 Å². The fourth-order valence-electron chi connectivity index (χ4n) is 3.38. The zero-order valence-electron chi connectivity index (χ0n) is 13.7. The smallest absolute Gasteiger partial charge is 0.335 e. The highest BCUT2D eigenvalue weighted by molar-refractivity contribution is 5.87. The Hall–Kier alpha value is -2.62. The number of carboxylic acids is 1. The minimum absolute atomic E-state index is 0.0711. The van der Waals surface area contributed by atoms with Crippen molar-refractivity contribution < 1.29 is 14.7 Å². The molecule has 124 valence electrons. The van der Waals surface area contributed by atoms with Crippen molar-refractivity contribution in [3.8, 4) is 0 Å². The zero-order valence-corrected chi connectivity index (χ0v) is 13.7. The van der Waals surface area contributed by atoms with Gasteiger partial charge in [-0.2, -0.15) is 0 Å². The lowest BCUT2D eigenvalue weighted by atomic mass is 9.82. The van der Waals surface area contributed by atoms with Crippen molar-refractivity contribution in [3.05, 3.63) is 70.8 Å². The largest absolute Gasteiger partial charge is 0.478 e.